The van der Waals surface area contributed by atoms with Gasteiger partial charge in [0, 0.05) is 38.9 Å². The van der Waals surface area contributed by atoms with Crippen LogP contribution < -0.4 is 4.90 Å². The molecule has 12 rings (SSSR count). The van der Waals surface area contributed by atoms with Crippen molar-refractivity contribution < 1.29 is 8.83 Å². The highest BCUT2D eigenvalue weighted by Crippen LogP contribution is 2.56. The molecule has 0 saturated carbocycles. The van der Waals surface area contributed by atoms with Gasteiger partial charge in [-0.05, 0) is 111 Å². The first-order valence-corrected chi connectivity index (χ1v) is 20.7. The maximum atomic E-state index is 6.78. The van der Waals surface area contributed by atoms with Crippen molar-refractivity contribution in [1.82, 2.24) is 0 Å². The molecule has 284 valence electrons. The molecule has 0 N–H and O–H groups in total. The molecule has 0 atom stereocenters. The zero-order chi connectivity index (χ0) is 40.0. The maximum Gasteiger partial charge on any atom is 0.137 e. The molecular weight excluding hydrogens is 731 g/mol. The molecular formula is C57H39NO2. The quantitative estimate of drug-likeness (QED) is 0.169. The molecule has 0 saturated heterocycles. The largest absolute Gasteiger partial charge is 0.456 e. The summed E-state index contributed by atoms with van der Waals surface area (Å²) in [7, 11) is 0. The van der Waals surface area contributed by atoms with E-state index in [0.717, 1.165) is 77.6 Å². The average molecular weight is 770 g/mol. The van der Waals surface area contributed by atoms with Crippen molar-refractivity contribution in [3.63, 3.8) is 0 Å². The number of hydrogen-bond donors (Lipinski definition) is 0. The topological polar surface area (TPSA) is 29.5 Å². The minimum absolute atomic E-state index is 0.205. The molecule has 60 heavy (non-hydrogen) atoms. The molecule has 1 aliphatic carbocycles. The summed E-state index contributed by atoms with van der Waals surface area (Å²) in [5.74, 6) is 0. The van der Waals surface area contributed by atoms with E-state index < -0.39 is 0 Å². The van der Waals surface area contributed by atoms with E-state index in [2.05, 4.69) is 219 Å². The highest BCUT2D eigenvalue weighted by Gasteiger charge is 2.38. The summed E-state index contributed by atoms with van der Waals surface area (Å²) in [6.07, 6.45) is 0. The molecule has 3 nitrogen and oxygen atoms in total. The van der Waals surface area contributed by atoms with Crippen LogP contribution in [0.3, 0.4) is 0 Å². The van der Waals surface area contributed by atoms with E-state index in [0.29, 0.717) is 0 Å². The Balaban J connectivity index is 1.11. The van der Waals surface area contributed by atoms with Gasteiger partial charge < -0.3 is 13.7 Å². The zero-order valence-corrected chi connectivity index (χ0v) is 33.3. The van der Waals surface area contributed by atoms with Gasteiger partial charge in [0.05, 0.1) is 16.8 Å². The smallest absolute Gasteiger partial charge is 0.137 e. The predicted octanol–water partition coefficient (Wildman–Crippen LogP) is 16.3. The van der Waals surface area contributed by atoms with E-state index in [9.17, 15) is 0 Å². The van der Waals surface area contributed by atoms with Crippen molar-refractivity contribution in [2.24, 2.45) is 0 Å². The maximum absolute atomic E-state index is 6.78. The molecule has 0 fully saturated rings. The Kier molecular flexibility index (Phi) is 7.58. The average Bonchev–Trinajstić information content (AvgIpc) is 3.94. The second-order valence-corrected chi connectivity index (χ2v) is 16.5. The fourth-order valence-electron chi connectivity index (χ4n) is 9.71. The highest BCUT2D eigenvalue weighted by atomic mass is 16.3. The van der Waals surface area contributed by atoms with Crippen LogP contribution in [0, 0.1) is 0 Å². The van der Waals surface area contributed by atoms with E-state index in [1.54, 1.807) is 0 Å². The first kappa shape index (κ1) is 34.4. The number of nitrogens with zero attached hydrogens (tertiary/aromatic N) is 1. The van der Waals surface area contributed by atoms with E-state index in [1.165, 1.54) is 38.9 Å². The number of hydrogen-bond acceptors (Lipinski definition) is 3. The van der Waals surface area contributed by atoms with Gasteiger partial charge in [0.25, 0.3) is 0 Å². The highest BCUT2D eigenvalue weighted by molar-refractivity contribution is 6.15. The lowest BCUT2D eigenvalue weighted by atomic mass is 9.82. The van der Waals surface area contributed by atoms with Gasteiger partial charge in [-0.1, -0.05) is 147 Å². The van der Waals surface area contributed by atoms with Gasteiger partial charge in [0.2, 0.25) is 0 Å². The van der Waals surface area contributed by atoms with Crippen LogP contribution in [-0.2, 0) is 5.41 Å². The van der Waals surface area contributed by atoms with Gasteiger partial charge in [0.15, 0.2) is 0 Å². The molecule has 0 bridgehead atoms. The molecule has 3 heteroatoms. The molecule has 0 aliphatic heterocycles. The minimum atomic E-state index is -0.205. The van der Waals surface area contributed by atoms with Gasteiger partial charge in [-0.2, -0.15) is 0 Å². The fourth-order valence-corrected chi connectivity index (χ4v) is 9.71. The normalized spacial score (nSPS) is 13.0. The SMILES string of the molecule is CC1(C)c2ccc(-c3ccccc3)cc2-c2c(N(c3ccc4c(c3)oc3cc(-c5ccccc5)ccc34)c3cccc4oc5cc(-c6ccccc6)ccc5c34)cccc21. The van der Waals surface area contributed by atoms with Crippen LogP contribution in [0.5, 0.6) is 0 Å². The van der Waals surface area contributed by atoms with E-state index in [4.69, 9.17) is 8.83 Å². The molecule has 2 heterocycles. The lowest BCUT2D eigenvalue weighted by molar-refractivity contribution is 0.660. The number of benzene rings is 9. The number of anilines is 3. The third-order valence-electron chi connectivity index (χ3n) is 12.7. The third-order valence-corrected chi connectivity index (χ3v) is 12.7. The summed E-state index contributed by atoms with van der Waals surface area (Å²) in [6, 6.07) is 71.8. The Morgan fingerprint density at radius 3 is 1.55 bits per heavy atom. The molecule has 2 aromatic heterocycles. The molecule has 0 radical (unpaired) electrons. The number of fused-ring (bicyclic) bond motifs is 9. The molecule has 0 unspecified atom stereocenters. The van der Waals surface area contributed by atoms with Crippen LogP contribution in [0.4, 0.5) is 17.1 Å². The van der Waals surface area contributed by atoms with E-state index in [1.807, 2.05) is 0 Å². The monoisotopic (exact) mass is 769 g/mol. The van der Waals surface area contributed by atoms with Gasteiger partial charge in [-0.3, -0.25) is 0 Å². The molecule has 11 aromatic rings. The Morgan fingerprint density at radius 1 is 0.367 bits per heavy atom. The van der Waals surface area contributed by atoms with Crippen LogP contribution in [0.1, 0.15) is 25.0 Å². The minimum Gasteiger partial charge on any atom is -0.456 e. The zero-order valence-electron chi connectivity index (χ0n) is 33.3. The van der Waals surface area contributed by atoms with Crippen molar-refractivity contribution >= 4 is 60.9 Å². The van der Waals surface area contributed by atoms with Crippen molar-refractivity contribution in [2.45, 2.75) is 19.3 Å². The molecule has 0 amide bonds. The molecule has 9 aromatic carbocycles. The first-order valence-electron chi connectivity index (χ1n) is 20.7. The van der Waals surface area contributed by atoms with Crippen LogP contribution in [0.25, 0.3) is 88.4 Å². The molecule has 0 spiro atoms. The Labute approximate surface area is 348 Å². The van der Waals surface area contributed by atoms with E-state index in [-0.39, 0.29) is 5.41 Å². The van der Waals surface area contributed by atoms with Crippen LogP contribution in [0.15, 0.2) is 209 Å². The summed E-state index contributed by atoms with van der Waals surface area (Å²) >= 11 is 0. The Bertz CT molecular complexity index is 3450. The van der Waals surface area contributed by atoms with Crippen molar-refractivity contribution in [3.8, 4) is 44.5 Å². The van der Waals surface area contributed by atoms with Crippen LogP contribution in [0.2, 0.25) is 0 Å². The first-order chi connectivity index (χ1) is 29.5. The standard InChI is InChI=1S/C57H39NO2/c1-57(2)47-31-26-39(36-14-6-3-7-15-36)32-46(47)55-48(57)20-12-21-49(55)58(42-27-30-44-43-28-24-40(37-16-8-4-9-17-37)33-52(43)60-54(44)35-42)50-22-13-23-51-56(50)45-29-25-41(34-53(45)59-51)38-18-10-5-11-19-38/h3-35H,1-2H3. The summed E-state index contributed by atoms with van der Waals surface area (Å²) in [6.45, 7) is 4.71. The van der Waals surface area contributed by atoms with Gasteiger partial charge in [0.1, 0.15) is 22.3 Å². The molecule has 1 aliphatic rings. The van der Waals surface area contributed by atoms with Crippen molar-refractivity contribution in [1.29, 1.82) is 0 Å². The Morgan fingerprint density at radius 2 is 0.883 bits per heavy atom. The summed E-state index contributed by atoms with van der Waals surface area (Å²) in [5, 5.41) is 4.33. The number of rotatable bonds is 6. The summed E-state index contributed by atoms with van der Waals surface area (Å²) in [4.78, 5) is 2.43. The van der Waals surface area contributed by atoms with Crippen molar-refractivity contribution in [3.05, 3.63) is 211 Å². The Hall–Kier alpha value is -7.62. The van der Waals surface area contributed by atoms with Gasteiger partial charge in [-0.25, -0.2) is 0 Å². The summed E-state index contributed by atoms with van der Waals surface area (Å²) < 4.78 is 13.5. The second-order valence-electron chi connectivity index (χ2n) is 16.5. The van der Waals surface area contributed by atoms with Crippen LogP contribution in [-0.4, -0.2) is 0 Å². The third kappa shape index (κ3) is 5.29. The predicted molar refractivity (Wildman–Crippen MR) is 250 cm³/mol. The lowest BCUT2D eigenvalue weighted by Crippen LogP contribution is -2.16. The summed E-state index contributed by atoms with van der Waals surface area (Å²) in [5.41, 5.74) is 18.5. The fraction of sp³-hybridized carbons (Fsp3) is 0.0526. The second kappa shape index (κ2) is 13.2. The van der Waals surface area contributed by atoms with Crippen molar-refractivity contribution in [2.75, 3.05) is 4.90 Å². The lowest BCUT2D eigenvalue weighted by Gasteiger charge is -2.29. The number of furan rings is 2. The van der Waals surface area contributed by atoms with Gasteiger partial charge >= 0.3 is 0 Å². The van der Waals surface area contributed by atoms with Crippen LogP contribution >= 0.6 is 0 Å². The van der Waals surface area contributed by atoms with Gasteiger partial charge in [-0.15, -0.1) is 0 Å². The van der Waals surface area contributed by atoms with E-state index >= 15 is 0 Å².